The molecule has 1 heterocycles. The van der Waals surface area contributed by atoms with Crippen molar-refractivity contribution in [1.29, 1.82) is 5.26 Å². The summed E-state index contributed by atoms with van der Waals surface area (Å²) in [4.78, 5) is 0.991. The van der Waals surface area contributed by atoms with Gasteiger partial charge in [0.25, 0.3) is 0 Å². The van der Waals surface area contributed by atoms with Gasteiger partial charge in [-0.2, -0.15) is 5.26 Å². The van der Waals surface area contributed by atoms with Gasteiger partial charge in [0, 0.05) is 0 Å². The van der Waals surface area contributed by atoms with Gasteiger partial charge in [-0.15, -0.1) is 11.3 Å². The van der Waals surface area contributed by atoms with E-state index >= 15 is 0 Å². The van der Waals surface area contributed by atoms with Gasteiger partial charge in [0.05, 0.1) is 22.2 Å². The maximum Gasteiger partial charge on any atom is 0.0969 e. The Kier molecular flexibility index (Phi) is 3.53. The highest BCUT2D eigenvalue weighted by molar-refractivity contribution is 7.11. The third-order valence-corrected chi connectivity index (χ3v) is 2.65. The average molecular weight is 192 g/mol. The third-order valence-electron chi connectivity index (χ3n) is 1.75. The first-order valence-corrected chi connectivity index (χ1v) is 5.10. The van der Waals surface area contributed by atoms with Crippen molar-refractivity contribution >= 4 is 17.0 Å². The normalized spacial score (nSPS) is 12.0. The van der Waals surface area contributed by atoms with E-state index in [0.29, 0.717) is 11.3 Å². The SMILES string of the molecule is CCC/C(C#N)=C(/N)c1cccs1. The molecule has 0 fully saturated rings. The molecular formula is C10H12N2S. The molecule has 2 N–H and O–H groups in total. The molecule has 0 saturated heterocycles. The Morgan fingerprint density at radius 3 is 2.92 bits per heavy atom. The minimum Gasteiger partial charge on any atom is -0.397 e. The van der Waals surface area contributed by atoms with Crippen LogP contribution in [0.5, 0.6) is 0 Å². The molecule has 1 aromatic heterocycles. The number of allylic oxidation sites excluding steroid dienone is 1. The quantitative estimate of drug-likeness (QED) is 0.748. The van der Waals surface area contributed by atoms with Crippen molar-refractivity contribution in [2.24, 2.45) is 5.73 Å². The summed E-state index contributed by atoms with van der Waals surface area (Å²) in [6, 6.07) is 6.03. The van der Waals surface area contributed by atoms with Crippen molar-refractivity contribution in [2.75, 3.05) is 0 Å². The van der Waals surface area contributed by atoms with Crippen molar-refractivity contribution in [3.05, 3.63) is 28.0 Å². The molecule has 0 atom stereocenters. The van der Waals surface area contributed by atoms with Crippen LogP contribution in [0.2, 0.25) is 0 Å². The first kappa shape index (κ1) is 9.82. The van der Waals surface area contributed by atoms with Crippen LogP contribution < -0.4 is 5.73 Å². The van der Waals surface area contributed by atoms with Crippen LogP contribution in [0, 0.1) is 11.3 Å². The smallest absolute Gasteiger partial charge is 0.0969 e. The number of hydrogen-bond acceptors (Lipinski definition) is 3. The molecule has 0 aliphatic heterocycles. The summed E-state index contributed by atoms with van der Waals surface area (Å²) in [5.74, 6) is 0. The first-order chi connectivity index (χ1) is 6.29. The van der Waals surface area contributed by atoms with Gasteiger partial charge >= 0.3 is 0 Å². The van der Waals surface area contributed by atoms with Gasteiger partial charge in [0.1, 0.15) is 0 Å². The Morgan fingerprint density at radius 1 is 1.69 bits per heavy atom. The van der Waals surface area contributed by atoms with Crippen LogP contribution in [0.3, 0.4) is 0 Å². The predicted octanol–water partition coefficient (Wildman–Crippen LogP) is 2.74. The summed E-state index contributed by atoms with van der Waals surface area (Å²) in [7, 11) is 0. The second-order valence-electron chi connectivity index (χ2n) is 2.73. The van der Waals surface area contributed by atoms with Crippen molar-refractivity contribution in [3.63, 3.8) is 0 Å². The van der Waals surface area contributed by atoms with Gasteiger partial charge in [0.2, 0.25) is 0 Å². The molecule has 2 nitrogen and oxygen atoms in total. The van der Waals surface area contributed by atoms with Gasteiger partial charge in [0.15, 0.2) is 0 Å². The van der Waals surface area contributed by atoms with E-state index in [1.807, 2.05) is 24.4 Å². The molecule has 0 radical (unpaired) electrons. The number of thiophene rings is 1. The lowest BCUT2D eigenvalue weighted by molar-refractivity contribution is 0.929. The van der Waals surface area contributed by atoms with Gasteiger partial charge in [-0.05, 0) is 17.9 Å². The van der Waals surface area contributed by atoms with E-state index in [4.69, 9.17) is 11.0 Å². The van der Waals surface area contributed by atoms with Crippen LogP contribution in [0.4, 0.5) is 0 Å². The lowest BCUT2D eigenvalue weighted by Crippen LogP contribution is -1.98. The fraction of sp³-hybridized carbons (Fsp3) is 0.300. The zero-order chi connectivity index (χ0) is 9.68. The van der Waals surface area contributed by atoms with E-state index in [1.54, 1.807) is 11.3 Å². The molecule has 1 rings (SSSR count). The predicted molar refractivity (Wildman–Crippen MR) is 55.9 cm³/mol. The zero-order valence-electron chi connectivity index (χ0n) is 7.58. The summed E-state index contributed by atoms with van der Waals surface area (Å²) in [6.45, 7) is 2.04. The summed E-state index contributed by atoms with van der Waals surface area (Å²) in [6.07, 6.45) is 1.72. The van der Waals surface area contributed by atoms with E-state index in [1.165, 1.54) is 0 Å². The second kappa shape index (κ2) is 4.68. The Balaban J connectivity index is 2.96. The molecule has 0 aliphatic rings. The lowest BCUT2D eigenvalue weighted by atomic mass is 10.1. The van der Waals surface area contributed by atoms with Gasteiger partial charge in [-0.25, -0.2) is 0 Å². The topological polar surface area (TPSA) is 49.8 Å². The lowest BCUT2D eigenvalue weighted by Gasteiger charge is -2.00. The molecular weight excluding hydrogens is 180 g/mol. The van der Waals surface area contributed by atoms with E-state index in [-0.39, 0.29) is 0 Å². The second-order valence-corrected chi connectivity index (χ2v) is 3.68. The summed E-state index contributed by atoms with van der Waals surface area (Å²) >= 11 is 1.57. The van der Waals surface area contributed by atoms with E-state index in [2.05, 4.69) is 6.07 Å². The van der Waals surface area contributed by atoms with E-state index in [9.17, 15) is 0 Å². The zero-order valence-corrected chi connectivity index (χ0v) is 8.40. The molecule has 13 heavy (non-hydrogen) atoms. The highest BCUT2D eigenvalue weighted by atomic mass is 32.1. The minimum atomic E-state index is 0.638. The number of nitrogens with zero attached hydrogens (tertiary/aromatic N) is 1. The van der Waals surface area contributed by atoms with Crippen LogP contribution in [0.25, 0.3) is 5.70 Å². The summed E-state index contributed by atoms with van der Waals surface area (Å²) in [5, 5.41) is 10.8. The molecule has 68 valence electrons. The van der Waals surface area contributed by atoms with Crippen LogP contribution in [0.1, 0.15) is 24.6 Å². The molecule has 0 amide bonds. The minimum absolute atomic E-state index is 0.638. The summed E-state index contributed by atoms with van der Waals surface area (Å²) < 4.78 is 0. The van der Waals surface area contributed by atoms with Crippen molar-refractivity contribution in [2.45, 2.75) is 19.8 Å². The van der Waals surface area contributed by atoms with Gasteiger partial charge in [-0.1, -0.05) is 19.4 Å². The van der Waals surface area contributed by atoms with Gasteiger partial charge in [-0.3, -0.25) is 0 Å². The molecule has 0 aliphatic carbocycles. The van der Waals surface area contributed by atoms with Crippen LogP contribution in [-0.4, -0.2) is 0 Å². The average Bonchev–Trinajstić information content (AvgIpc) is 2.65. The van der Waals surface area contributed by atoms with Gasteiger partial charge < -0.3 is 5.73 Å². The number of hydrogen-bond donors (Lipinski definition) is 1. The fourth-order valence-electron chi connectivity index (χ4n) is 1.08. The molecule has 0 aromatic carbocycles. The molecule has 1 aromatic rings. The number of nitrogens with two attached hydrogens (primary N) is 1. The van der Waals surface area contributed by atoms with Crippen molar-refractivity contribution < 1.29 is 0 Å². The Bertz CT molecular complexity index is 330. The molecule has 0 spiro atoms. The standard InChI is InChI=1S/C10H12N2S/c1-2-4-8(7-11)10(12)9-5-3-6-13-9/h3,5-6H,2,4,12H2,1H3/b10-8-. The van der Waals surface area contributed by atoms with Crippen molar-refractivity contribution in [1.82, 2.24) is 0 Å². The third kappa shape index (κ3) is 2.33. The van der Waals surface area contributed by atoms with Crippen LogP contribution in [0.15, 0.2) is 23.1 Å². The summed E-state index contributed by atoms with van der Waals surface area (Å²) in [5.41, 5.74) is 7.19. The Labute approximate surface area is 82.3 Å². The fourth-order valence-corrected chi connectivity index (χ4v) is 1.79. The monoisotopic (exact) mass is 192 g/mol. The molecule has 0 bridgehead atoms. The highest BCUT2D eigenvalue weighted by Crippen LogP contribution is 2.20. The largest absolute Gasteiger partial charge is 0.397 e. The molecule has 3 heteroatoms. The maximum absolute atomic E-state index is 8.84. The van der Waals surface area contributed by atoms with Crippen LogP contribution >= 0.6 is 11.3 Å². The number of rotatable bonds is 3. The first-order valence-electron chi connectivity index (χ1n) is 4.22. The Morgan fingerprint density at radius 2 is 2.46 bits per heavy atom. The highest BCUT2D eigenvalue weighted by Gasteiger charge is 2.04. The van der Waals surface area contributed by atoms with E-state index < -0.39 is 0 Å². The van der Waals surface area contributed by atoms with Crippen LogP contribution in [-0.2, 0) is 0 Å². The van der Waals surface area contributed by atoms with Crippen molar-refractivity contribution in [3.8, 4) is 6.07 Å². The molecule has 0 saturated carbocycles. The number of nitriles is 1. The van der Waals surface area contributed by atoms with E-state index in [0.717, 1.165) is 17.7 Å². The maximum atomic E-state index is 8.84. The Hall–Kier alpha value is -1.27. The molecule has 0 unspecified atom stereocenters.